The van der Waals surface area contributed by atoms with Crippen LogP contribution < -0.4 is 9.64 Å². The minimum atomic E-state index is -4.66. The number of carbonyl (C=O) groups is 2. The molecule has 172 valence electrons. The third kappa shape index (κ3) is 3.81. The maximum atomic E-state index is 14.0. The van der Waals surface area contributed by atoms with Crippen molar-refractivity contribution >= 4 is 17.6 Å². The van der Waals surface area contributed by atoms with Crippen molar-refractivity contribution in [3.63, 3.8) is 0 Å². The molecular weight excluding hydrogens is 427 g/mol. The number of amides is 1. The molecular formula is C23H24F3NO5. The van der Waals surface area contributed by atoms with Crippen LogP contribution in [0.3, 0.4) is 0 Å². The number of alkyl halides is 3. The molecule has 0 bridgehead atoms. The van der Waals surface area contributed by atoms with Gasteiger partial charge in [-0.15, -0.1) is 0 Å². The summed E-state index contributed by atoms with van der Waals surface area (Å²) in [6.07, 6.45) is -4.91. The van der Waals surface area contributed by atoms with Gasteiger partial charge in [0.2, 0.25) is 5.91 Å². The number of nitrogens with zero attached hydrogens (tertiary/aromatic N) is 1. The van der Waals surface area contributed by atoms with Crippen molar-refractivity contribution in [2.24, 2.45) is 5.41 Å². The number of esters is 1. The van der Waals surface area contributed by atoms with E-state index in [4.69, 9.17) is 14.2 Å². The van der Waals surface area contributed by atoms with Crippen molar-refractivity contribution in [2.45, 2.75) is 25.4 Å². The van der Waals surface area contributed by atoms with E-state index >= 15 is 0 Å². The summed E-state index contributed by atoms with van der Waals surface area (Å²) in [7, 11) is 3.87. The monoisotopic (exact) mass is 451 g/mol. The molecule has 3 rings (SSSR count). The van der Waals surface area contributed by atoms with Crippen molar-refractivity contribution < 1.29 is 37.0 Å². The number of rotatable bonds is 5. The van der Waals surface area contributed by atoms with Crippen molar-refractivity contribution in [1.82, 2.24) is 0 Å². The molecule has 9 heteroatoms. The Labute approximate surface area is 183 Å². The second-order valence-corrected chi connectivity index (χ2v) is 7.64. The third-order valence-corrected chi connectivity index (χ3v) is 5.92. The Balaban J connectivity index is 2.38. The predicted molar refractivity (Wildman–Crippen MR) is 110 cm³/mol. The molecule has 0 aliphatic carbocycles. The van der Waals surface area contributed by atoms with Crippen LogP contribution in [0.1, 0.15) is 29.5 Å². The van der Waals surface area contributed by atoms with Crippen LogP contribution in [-0.4, -0.2) is 39.9 Å². The molecule has 1 heterocycles. The summed E-state index contributed by atoms with van der Waals surface area (Å²) in [5, 5.41) is 0. The predicted octanol–water partition coefficient (Wildman–Crippen LogP) is 4.17. The Hall–Kier alpha value is -3.07. The van der Waals surface area contributed by atoms with Gasteiger partial charge in [0.05, 0.1) is 19.8 Å². The molecule has 1 amide bonds. The first-order chi connectivity index (χ1) is 15.1. The molecule has 2 aromatic carbocycles. The molecule has 2 aromatic rings. The SMILES string of the molecule is COCN1C(=O)C(C)(C(=O)OC)C(c2ccccc2OC)Cc2c1cccc2C(F)(F)F. The molecule has 32 heavy (non-hydrogen) atoms. The zero-order valence-electron chi connectivity index (χ0n) is 18.2. The fourth-order valence-corrected chi connectivity index (χ4v) is 4.33. The Morgan fingerprint density at radius 3 is 2.41 bits per heavy atom. The summed E-state index contributed by atoms with van der Waals surface area (Å²) in [5.41, 5.74) is -2.35. The number of ether oxygens (including phenoxy) is 3. The molecule has 0 fully saturated rings. The van der Waals surface area contributed by atoms with Crippen LogP contribution in [0.2, 0.25) is 0 Å². The van der Waals surface area contributed by atoms with E-state index < -0.39 is 34.9 Å². The molecule has 1 aliphatic heterocycles. The smallest absolute Gasteiger partial charge is 0.416 e. The first kappa shape index (κ1) is 23.6. The second kappa shape index (κ2) is 8.82. The van der Waals surface area contributed by atoms with Gasteiger partial charge in [0, 0.05) is 18.7 Å². The number of para-hydroxylation sites is 1. The molecule has 0 saturated heterocycles. The van der Waals surface area contributed by atoms with E-state index in [1.54, 1.807) is 24.3 Å². The fraction of sp³-hybridized carbons (Fsp3) is 0.391. The summed E-state index contributed by atoms with van der Waals surface area (Å²) in [5.74, 6) is -2.23. The van der Waals surface area contributed by atoms with Crippen molar-refractivity contribution in [2.75, 3.05) is 33.0 Å². The van der Waals surface area contributed by atoms with E-state index in [9.17, 15) is 22.8 Å². The van der Waals surface area contributed by atoms with E-state index in [-0.39, 0.29) is 24.4 Å². The summed E-state index contributed by atoms with van der Waals surface area (Å²) in [6.45, 7) is 1.05. The van der Waals surface area contributed by atoms with Gasteiger partial charge in [-0.3, -0.25) is 14.5 Å². The number of benzene rings is 2. The van der Waals surface area contributed by atoms with Crippen molar-refractivity contribution in [1.29, 1.82) is 0 Å². The molecule has 1 aliphatic rings. The van der Waals surface area contributed by atoms with Gasteiger partial charge in [-0.25, -0.2) is 0 Å². The van der Waals surface area contributed by atoms with E-state index in [1.165, 1.54) is 33.3 Å². The van der Waals surface area contributed by atoms with E-state index in [0.717, 1.165) is 18.1 Å². The van der Waals surface area contributed by atoms with Crippen molar-refractivity contribution in [3.05, 3.63) is 59.2 Å². The minimum absolute atomic E-state index is 0.0409. The summed E-state index contributed by atoms with van der Waals surface area (Å²) >= 11 is 0. The third-order valence-electron chi connectivity index (χ3n) is 5.92. The van der Waals surface area contributed by atoms with Crippen LogP contribution in [0.5, 0.6) is 5.75 Å². The van der Waals surface area contributed by atoms with Gasteiger partial charge in [0.1, 0.15) is 12.5 Å². The number of hydrogen-bond acceptors (Lipinski definition) is 5. The normalized spacial score (nSPS) is 21.0. The number of carbonyl (C=O) groups excluding carboxylic acids is 2. The van der Waals surface area contributed by atoms with Gasteiger partial charge in [-0.2, -0.15) is 13.2 Å². The maximum absolute atomic E-state index is 14.0. The fourth-order valence-electron chi connectivity index (χ4n) is 4.33. The lowest BCUT2D eigenvalue weighted by Gasteiger charge is -2.35. The molecule has 0 radical (unpaired) electrons. The molecule has 0 N–H and O–H groups in total. The van der Waals surface area contributed by atoms with Gasteiger partial charge in [-0.05, 0) is 42.7 Å². The first-order valence-corrected chi connectivity index (χ1v) is 9.82. The van der Waals surface area contributed by atoms with Crippen LogP contribution in [-0.2, 0) is 31.7 Å². The Morgan fingerprint density at radius 1 is 1.12 bits per heavy atom. The molecule has 0 spiro atoms. The van der Waals surface area contributed by atoms with Crippen LogP contribution in [0.15, 0.2) is 42.5 Å². The largest absolute Gasteiger partial charge is 0.496 e. The highest BCUT2D eigenvalue weighted by Gasteiger charge is 2.55. The average molecular weight is 451 g/mol. The van der Waals surface area contributed by atoms with Crippen molar-refractivity contribution in [3.8, 4) is 5.75 Å². The van der Waals surface area contributed by atoms with Gasteiger partial charge in [0.15, 0.2) is 5.41 Å². The summed E-state index contributed by atoms with van der Waals surface area (Å²) in [4.78, 5) is 27.9. The van der Waals surface area contributed by atoms with Gasteiger partial charge in [0.25, 0.3) is 0 Å². The minimum Gasteiger partial charge on any atom is -0.496 e. The van der Waals surface area contributed by atoms with Crippen LogP contribution in [0, 0.1) is 5.41 Å². The van der Waals surface area contributed by atoms with E-state index in [0.29, 0.717) is 11.3 Å². The van der Waals surface area contributed by atoms with Gasteiger partial charge < -0.3 is 14.2 Å². The van der Waals surface area contributed by atoms with E-state index in [1.807, 2.05) is 0 Å². The zero-order valence-corrected chi connectivity index (χ0v) is 18.2. The number of methoxy groups -OCH3 is 3. The van der Waals surface area contributed by atoms with Crippen LogP contribution in [0.4, 0.5) is 18.9 Å². The lowest BCUT2D eigenvalue weighted by atomic mass is 9.70. The number of anilines is 1. The lowest BCUT2D eigenvalue weighted by molar-refractivity contribution is -0.158. The lowest BCUT2D eigenvalue weighted by Crippen LogP contribution is -2.50. The Morgan fingerprint density at radius 2 is 1.81 bits per heavy atom. The highest BCUT2D eigenvalue weighted by atomic mass is 19.4. The van der Waals surface area contributed by atoms with E-state index in [2.05, 4.69) is 0 Å². The number of fused-ring (bicyclic) bond motifs is 1. The average Bonchev–Trinajstić information content (AvgIpc) is 2.87. The maximum Gasteiger partial charge on any atom is 0.416 e. The number of hydrogen-bond donors (Lipinski definition) is 0. The van der Waals surface area contributed by atoms with Gasteiger partial charge in [-0.1, -0.05) is 24.3 Å². The molecule has 6 nitrogen and oxygen atoms in total. The highest BCUT2D eigenvalue weighted by Crippen LogP contribution is 2.50. The van der Waals surface area contributed by atoms with Gasteiger partial charge >= 0.3 is 12.1 Å². The van der Waals surface area contributed by atoms with Crippen LogP contribution >= 0.6 is 0 Å². The summed E-state index contributed by atoms with van der Waals surface area (Å²) < 4.78 is 57.4. The zero-order chi connectivity index (χ0) is 23.7. The molecule has 0 saturated carbocycles. The molecule has 2 unspecified atom stereocenters. The number of halogens is 3. The standard InChI is InChI=1S/C23H24F3NO5/c1-22(21(29)32-4)17(14-8-5-6-11-19(14)31-3)12-15-16(23(24,25)26)9-7-10-18(15)27(13-30-2)20(22)28/h5-11,17H,12-13H2,1-4H3. The Kier molecular flexibility index (Phi) is 6.50. The van der Waals surface area contributed by atoms with Crippen LogP contribution in [0.25, 0.3) is 0 Å². The highest BCUT2D eigenvalue weighted by molar-refractivity contribution is 6.11. The second-order valence-electron chi connectivity index (χ2n) is 7.64. The molecule has 0 aromatic heterocycles. The first-order valence-electron chi connectivity index (χ1n) is 9.82. The molecule has 2 atom stereocenters. The summed E-state index contributed by atoms with van der Waals surface area (Å²) in [6, 6.07) is 10.3. The quantitative estimate of drug-likeness (QED) is 0.504. The Bertz CT molecular complexity index is 1020. The topological polar surface area (TPSA) is 65.1 Å².